The molecule has 0 saturated carbocycles. The van der Waals surface area contributed by atoms with Crippen molar-refractivity contribution in [3.8, 4) is 23.0 Å². The molecular formula is C20H27N3O4. The van der Waals surface area contributed by atoms with Crippen molar-refractivity contribution in [2.45, 2.75) is 6.54 Å². The molecule has 0 aliphatic heterocycles. The maximum absolute atomic E-state index is 5.66. The van der Waals surface area contributed by atoms with E-state index < -0.39 is 0 Å². The second kappa shape index (κ2) is 10.8. The number of hydrogen-bond acceptors (Lipinski definition) is 5. The van der Waals surface area contributed by atoms with Crippen LogP contribution in [0.1, 0.15) is 5.56 Å². The van der Waals surface area contributed by atoms with Crippen LogP contribution < -0.4 is 29.6 Å². The summed E-state index contributed by atoms with van der Waals surface area (Å²) in [6, 6.07) is 13.3. The minimum absolute atomic E-state index is 0.482. The molecule has 7 nitrogen and oxygen atoms in total. The zero-order valence-electron chi connectivity index (χ0n) is 16.2. The van der Waals surface area contributed by atoms with E-state index in [2.05, 4.69) is 15.6 Å². The quantitative estimate of drug-likeness (QED) is 0.400. The van der Waals surface area contributed by atoms with Gasteiger partial charge in [-0.15, -0.1) is 0 Å². The Bertz CT molecular complexity index is 710. The number of benzene rings is 2. The summed E-state index contributed by atoms with van der Waals surface area (Å²) in [4.78, 5) is 4.22. The summed E-state index contributed by atoms with van der Waals surface area (Å²) in [7, 11) is 6.56. The average Bonchev–Trinajstić information content (AvgIpc) is 2.73. The lowest BCUT2D eigenvalue weighted by molar-refractivity contribution is 0.322. The first-order valence-corrected chi connectivity index (χ1v) is 8.63. The molecule has 0 saturated heterocycles. The van der Waals surface area contributed by atoms with Crippen molar-refractivity contribution < 1.29 is 18.9 Å². The third-order valence-corrected chi connectivity index (χ3v) is 3.88. The van der Waals surface area contributed by atoms with E-state index in [1.807, 2.05) is 42.5 Å². The second-order valence-electron chi connectivity index (χ2n) is 5.52. The number of rotatable bonds is 9. The van der Waals surface area contributed by atoms with E-state index in [0.29, 0.717) is 42.9 Å². The van der Waals surface area contributed by atoms with Gasteiger partial charge < -0.3 is 29.6 Å². The van der Waals surface area contributed by atoms with E-state index in [9.17, 15) is 0 Å². The van der Waals surface area contributed by atoms with Crippen LogP contribution in [0, 0.1) is 0 Å². The molecule has 2 rings (SSSR count). The van der Waals surface area contributed by atoms with Crippen LogP contribution in [0.4, 0.5) is 0 Å². The molecule has 27 heavy (non-hydrogen) atoms. The number of guanidine groups is 1. The Labute approximate surface area is 160 Å². The minimum Gasteiger partial charge on any atom is -0.496 e. The SMILES string of the molecule is CN=C(NCCOc1ccccc1)NCc1c(OC)cc(OC)cc1OC. The molecule has 0 atom stereocenters. The zero-order valence-corrected chi connectivity index (χ0v) is 16.2. The van der Waals surface area contributed by atoms with E-state index in [1.54, 1.807) is 28.4 Å². The smallest absolute Gasteiger partial charge is 0.191 e. The van der Waals surface area contributed by atoms with E-state index in [4.69, 9.17) is 18.9 Å². The minimum atomic E-state index is 0.482. The van der Waals surface area contributed by atoms with Gasteiger partial charge in [0.15, 0.2) is 5.96 Å². The lowest BCUT2D eigenvalue weighted by Gasteiger charge is -2.17. The number of para-hydroxylation sites is 1. The van der Waals surface area contributed by atoms with Gasteiger partial charge in [-0.3, -0.25) is 4.99 Å². The normalized spacial score (nSPS) is 10.9. The van der Waals surface area contributed by atoms with Gasteiger partial charge in [-0.2, -0.15) is 0 Å². The van der Waals surface area contributed by atoms with E-state index in [1.165, 1.54) is 0 Å². The number of methoxy groups -OCH3 is 3. The highest BCUT2D eigenvalue weighted by molar-refractivity contribution is 5.79. The second-order valence-corrected chi connectivity index (χ2v) is 5.52. The number of ether oxygens (including phenoxy) is 4. The zero-order chi connectivity index (χ0) is 19.5. The fourth-order valence-electron chi connectivity index (χ4n) is 2.50. The fraction of sp³-hybridized carbons (Fsp3) is 0.350. The first kappa shape index (κ1) is 20.2. The molecular weight excluding hydrogens is 346 g/mol. The van der Waals surface area contributed by atoms with E-state index in [0.717, 1.165) is 11.3 Å². The van der Waals surface area contributed by atoms with Gasteiger partial charge in [-0.1, -0.05) is 18.2 Å². The molecule has 7 heteroatoms. The van der Waals surface area contributed by atoms with E-state index >= 15 is 0 Å². The van der Waals surface area contributed by atoms with Gasteiger partial charge in [0, 0.05) is 19.2 Å². The van der Waals surface area contributed by atoms with Crippen LogP contribution in [-0.2, 0) is 6.54 Å². The van der Waals surface area contributed by atoms with E-state index in [-0.39, 0.29) is 0 Å². The van der Waals surface area contributed by atoms with Crippen molar-refractivity contribution in [3.63, 3.8) is 0 Å². The van der Waals surface area contributed by atoms with Gasteiger partial charge in [0.2, 0.25) is 0 Å². The maximum atomic E-state index is 5.66. The summed E-state index contributed by atoms with van der Waals surface area (Å²) in [5.41, 5.74) is 0.879. The molecule has 2 aromatic carbocycles. The molecule has 0 aliphatic rings. The fourth-order valence-corrected chi connectivity index (χ4v) is 2.50. The Morgan fingerprint density at radius 2 is 1.56 bits per heavy atom. The molecule has 0 radical (unpaired) electrons. The number of hydrogen-bond donors (Lipinski definition) is 2. The summed E-state index contributed by atoms with van der Waals surface area (Å²) < 4.78 is 21.9. The number of nitrogens with one attached hydrogen (secondary N) is 2. The topological polar surface area (TPSA) is 73.3 Å². The summed E-state index contributed by atoms with van der Waals surface area (Å²) in [6.07, 6.45) is 0. The average molecular weight is 373 g/mol. The summed E-state index contributed by atoms with van der Waals surface area (Å²) in [5, 5.41) is 6.47. The predicted molar refractivity (Wildman–Crippen MR) is 106 cm³/mol. The molecule has 0 heterocycles. The monoisotopic (exact) mass is 373 g/mol. The largest absolute Gasteiger partial charge is 0.496 e. The third kappa shape index (κ3) is 5.99. The van der Waals surface area contributed by atoms with Crippen LogP contribution in [0.5, 0.6) is 23.0 Å². The molecule has 0 unspecified atom stereocenters. The van der Waals surface area contributed by atoms with Crippen molar-refractivity contribution in [2.75, 3.05) is 41.5 Å². The molecule has 0 fully saturated rings. The highest BCUT2D eigenvalue weighted by Gasteiger charge is 2.13. The van der Waals surface area contributed by atoms with Crippen LogP contribution in [0.3, 0.4) is 0 Å². The summed E-state index contributed by atoms with van der Waals surface area (Å²) in [5.74, 6) is 3.54. The van der Waals surface area contributed by atoms with Crippen LogP contribution in [0.2, 0.25) is 0 Å². The molecule has 0 bridgehead atoms. The maximum Gasteiger partial charge on any atom is 0.191 e. The summed E-state index contributed by atoms with van der Waals surface area (Å²) >= 11 is 0. The highest BCUT2D eigenvalue weighted by Crippen LogP contribution is 2.33. The van der Waals surface area contributed by atoms with Crippen molar-refractivity contribution >= 4 is 5.96 Å². The van der Waals surface area contributed by atoms with Gasteiger partial charge in [0.1, 0.15) is 29.6 Å². The Balaban J connectivity index is 1.90. The van der Waals surface area contributed by atoms with Crippen molar-refractivity contribution in [2.24, 2.45) is 4.99 Å². The van der Waals surface area contributed by atoms with Crippen molar-refractivity contribution in [3.05, 3.63) is 48.0 Å². The van der Waals surface area contributed by atoms with Gasteiger partial charge >= 0.3 is 0 Å². The summed E-state index contributed by atoms with van der Waals surface area (Å²) in [6.45, 7) is 1.63. The molecule has 146 valence electrons. The third-order valence-electron chi connectivity index (χ3n) is 3.88. The van der Waals surface area contributed by atoms with Gasteiger partial charge in [-0.05, 0) is 12.1 Å². The Morgan fingerprint density at radius 1 is 0.889 bits per heavy atom. The van der Waals surface area contributed by atoms with Gasteiger partial charge in [0.05, 0.1) is 40.0 Å². The Kier molecular flexibility index (Phi) is 8.09. The molecule has 0 aromatic heterocycles. The molecule has 2 aromatic rings. The van der Waals surface area contributed by atoms with Crippen LogP contribution in [0.25, 0.3) is 0 Å². The Hall–Kier alpha value is -3.09. The highest BCUT2D eigenvalue weighted by atomic mass is 16.5. The molecule has 2 N–H and O–H groups in total. The predicted octanol–water partition coefficient (Wildman–Crippen LogP) is 2.46. The van der Waals surface area contributed by atoms with Crippen molar-refractivity contribution in [1.29, 1.82) is 0 Å². The number of aliphatic imine (C=N–C) groups is 1. The molecule has 0 spiro atoms. The molecule has 0 amide bonds. The van der Waals surface area contributed by atoms with Crippen LogP contribution in [-0.4, -0.2) is 47.5 Å². The number of nitrogens with zero attached hydrogens (tertiary/aromatic N) is 1. The first-order chi connectivity index (χ1) is 13.2. The van der Waals surface area contributed by atoms with Crippen molar-refractivity contribution in [1.82, 2.24) is 10.6 Å². The first-order valence-electron chi connectivity index (χ1n) is 8.63. The van der Waals surface area contributed by atoms with Gasteiger partial charge in [0.25, 0.3) is 0 Å². The Morgan fingerprint density at radius 3 is 2.11 bits per heavy atom. The standard InChI is InChI=1S/C20H27N3O4/c1-21-20(22-10-11-27-15-8-6-5-7-9-15)23-14-17-18(25-3)12-16(24-2)13-19(17)26-4/h5-9,12-13H,10-11,14H2,1-4H3,(H2,21,22,23). The lowest BCUT2D eigenvalue weighted by Crippen LogP contribution is -2.39. The lowest BCUT2D eigenvalue weighted by atomic mass is 10.1. The van der Waals surface area contributed by atoms with Crippen LogP contribution in [0.15, 0.2) is 47.5 Å². The van der Waals surface area contributed by atoms with Crippen LogP contribution >= 0.6 is 0 Å². The molecule has 0 aliphatic carbocycles. The van der Waals surface area contributed by atoms with Gasteiger partial charge in [-0.25, -0.2) is 0 Å².